The first-order valence-corrected chi connectivity index (χ1v) is 19.3. The van der Waals surface area contributed by atoms with Gasteiger partial charge in [-0.15, -0.1) is 0 Å². The number of aliphatic hydroxyl groups is 1. The summed E-state index contributed by atoms with van der Waals surface area (Å²) in [6.07, 6.45) is 20.6. The second-order valence-electron chi connectivity index (χ2n) is 15.8. The van der Waals surface area contributed by atoms with E-state index in [1.54, 1.807) is 30.3 Å². The maximum atomic E-state index is 13.2. The number of fused-ring (bicyclic) bond motifs is 5. The molecule has 43 heavy (non-hydrogen) atoms. The predicted molar refractivity (Wildman–Crippen MR) is 176 cm³/mol. The third kappa shape index (κ3) is 6.70. The number of unbranched alkanes of at least 4 members (excludes halogenated alkanes) is 3. The minimum atomic E-state index is -4.05. The Morgan fingerprint density at radius 2 is 1.70 bits per heavy atom. The highest BCUT2D eigenvalue weighted by molar-refractivity contribution is 7.86. The highest BCUT2D eigenvalue weighted by atomic mass is 32.2. The van der Waals surface area contributed by atoms with Crippen molar-refractivity contribution >= 4 is 10.1 Å². The second kappa shape index (κ2) is 13.3. The van der Waals surface area contributed by atoms with Gasteiger partial charge in [-0.25, -0.2) is 4.18 Å². The van der Waals surface area contributed by atoms with Crippen LogP contribution in [0.2, 0.25) is 0 Å². The molecule has 1 unspecified atom stereocenters. The third-order valence-electron chi connectivity index (χ3n) is 12.8. The highest BCUT2D eigenvalue weighted by Crippen LogP contribution is 2.69. The predicted octanol–water partition coefficient (Wildman–Crippen LogP) is 10.1. The van der Waals surface area contributed by atoms with E-state index in [0.717, 1.165) is 36.5 Å². The molecule has 0 saturated heterocycles. The summed E-state index contributed by atoms with van der Waals surface area (Å²) in [5, 5.41) is 11.7. The van der Waals surface area contributed by atoms with Crippen LogP contribution in [0, 0.1) is 46.3 Å². The monoisotopic (exact) mass is 612 g/mol. The normalized spacial score (nSPS) is 36.5. The van der Waals surface area contributed by atoms with Gasteiger partial charge in [0.1, 0.15) is 0 Å². The molecule has 0 amide bonds. The summed E-state index contributed by atoms with van der Waals surface area (Å²) >= 11 is 0. The molecule has 1 N–H and O–H groups in total. The summed E-state index contributed by atoms with van der Waals surface area (Å²) in [6.45, 7) is 12.2. The minimum Gasteiger partial charge on any atom is -0.364 e. The fourth-order valence-electron chi connectivity index (χ4n) is 10.7. The molecule has 1 aromatic rings. The van der Waals surface area contributed by atoms with Gasteiger partial charge in [0, 0.05) is 12.8 Å². The Morgan fingerprint density at radius 3 is 2.42 bits per heavy atom. The molecule has 0 aromatic heterocycles. The molecule has 242 valence electrons. The van der Waals surface area contributed by atoms with E-state index in [2.05, 4.69) is 40.7 Å². The Labute approximate surface area is 263 Å². The number of benzene rings is 1. The van der Waals surface area contributed by atoms with E-state index < -0.39 is 15.9 Å². The van der Waals surface area contributed by atoms with Gasteiger partial charge in [0.2, 0.25) is 0 Å². The van der Waals surface area contributed by atoms with Crippen LogP contribution in [0.5, 0.6) is 0 Å². The molecule has 0 radical (unpaired) electrons. The zero-order valence-corrected chi connectivity index (χ0v) is 28.6. The van der Waals surface area contributed by atoms with Gasteiger partial charge in [0.25, 0.3) is 10.1 Å². The molecule has 3 fully saturated rings. The molecule has 0 spiro atoms. The van der Waals surface area contributed by atoms with Gasteiger partial charge < -0.3 is 5.11 Å². The van der Waals surface area contributed by atoms with Gasteiger partial charge in [0.15, 0.2) is 5.79 Å². The van der Waals surface area contributed by atoms with Crippen LogP contribution in [0.4, 0.5) is 0 Å². The van der Waals surface area contributed by atoms with Crippen LogP contribution < -0.4 is 0 Å². The van der Waals surface area contributed by atoms with Crippen molar-refractivity contribution in [1.82, 2.24) is 0 Å². The van der Waals surface area contributed by atoms with Crippen LogP contribution in [-0.2, 0) is 14.3 Å². The number of hydrogen-bond acceptors (Lipinski definition) is 4. The summed E-state index contributed by atoms with van der Waals surface area (Å²) in [7, 11) is -4.05. The topological polar surface area (TPSA) is 63.6 Å². The van der Waals surface area contributed by atoms with Crippen LogP contribution >= 0.6 is 0 Å². The Bertz CT molecular complexity index is 1210. The number of rotatable bonds is 13. The van der Waals surface area contributed by atoms with Crippen molar-refractivity contribution in [2.45, 2.75) is 148 Å². The highest BCUT2D eigenvalue weighted by Gasteiger charge is 2.61. The quantitative estimate of drug-likeness (QED) is 0.104. The lowest BCUT2D eigenvalue weighted by Gasteiger charge is -2.60. The van der Waals surface area contributed by atoms with Crippen LogP contribution in [0.25, 0.3) is 0 Å². The SMILES string of the molecule is CCCCCC[C@]12CCC(O)(OS(=O)(=O)c3ccccc3)CC1=CC[C@@H]1[C@@H]2CC[C@]2(C)[C@@H]([C@H](C)CCCC(C)C)CC[C@@H]12. The standard InChI is InChI=1S/C38H60O4S/c1-6-7-8-12-23-37-25-26-38(39,42-43(40,41)31-16-10-9-11-17-31)27-30(37)18-19-32-34-21-20-33(29(4)15-13-14-28(2)3)36(34,5)24-22-35(32)37/h9-11,16-18,28-29,32-35,39H,6-8,12-15,19-27H2,1-5H3/t29-,32+,33-,34+,35+,36-,37+,38?/m1/s1. The van der Waals surface area contributed by atoms with Crippen LogP contribution in [0.3, 0.4) is 0 Å². The zero-order valence-electron chi connectivity index (χ0n) is 27.8. The summed E-state index contributed by atoms with van der Waals surface area (Å²) in [5.41, 5.74) is 1.81. The maximum Gasteiger partial charge on any atom is 0.299 e. The summed E-state index contributed by atoms with van der Waals surface area (Å²) in [5.74, 6) is 2.89. The zero-order chi connectivity index (χ0) is 30.9. The summed E-state index contributed by atoms with van der Waals surface area (Å²) in [4.78, 5) is 0.110. The largest absolute Gasteiger partial charge is 0.364 e. The molecular formula is C38H60O4S. The Hall–Kier alpha value is -1.17. The molecule has 5 rings (SSSR count). The van der Waals surface area contributed by atoms with E-state index in [-0.39, 0.29) is 10.3 Å². The van der Waals surface area contributed by atoms with Crippen molar-refractivity contribution < 1.29 is 17.7 Å². The van der Waals surface area contributed by atoms with E-state index in [0.29, 0.717) is 30.1 Å². The van der Waals surface area contributed by atoms with Crippen LogP contribution in [0.1, 0.15) is 137 Å². The first-order valence-electron chi connectivity index (χ1n) is 17.9. The van der Waals surface area contributed by atoms with E-state index in [9.17, 15) is 13.5 Å². The van der Waals surface area contributed by atoms with Crippen molar-refractivity contribution in [3.8, 4) is 0 Å². The Morgan fingerprint density at radius 1 is 0.930 bits per heavy atom. The summed E-state index contributed by atoms with van der Waals surface area (Å²) < 4.78 is 32.0. The van der Waals surface area contributed by atoms with E-state index in [4.69, 9.17) is 4.18 Å². The number of allylic oxidation sites excluding steroid dienone is 1. The van der Waals surface area contributed by atoms with E-state index >= 15 is 0 Å². The third-order valence-corrected chi connectivity index (χ3v) is 14.2. The molecule has 4 aliphatic carbocycles. The smallest absolute Gasteiger partial charge is 0.299 e. The van der Waals surface area contributed by atoms with Gasteiger partial charge in [-0.1, -0.05) is 109 Å². The Balaban J connectivity index is 1.37. The molecule has 5 heteroatoms. The van der Waals surface area contributed by atoms with Crippen molar-refractivity contribution in [3.05, 3.63) is 42.0 Å². The molecule has 1 aromatic carbocycles. The summed E-state index contributed by atoms with van der Waals surface area (Å²) in [6, 6.07) is 8.28. The van der Waals surface area contributed by atoms with Crippen molar-refractivity contribution in [1.29, 1.82) is 0 Å². The van der Waals surface area contributed by atoms with E-state index in [1.165, 1.54) is 82.6 Å². The lowest BCUT2D eigenvalue weighted by molar-refractivity contribution is -0.170. The first kappa shape index (κ1) is 33.2. The Kier molecular flexibility index (Phi) is 10.3. The van der Waals surface area contributed by atoms with Crippen molar-refractivity contribution in [2.24, 2.45) is 46.3 Å². The van der Waals surface area contributed by atoms with Gasteiger partial charge in [-0.3, -0.25) is 0 Å². The van der Waals surface area contributed by atoms with Gasteiger partial charge >= 0.3 is 0 Å². The van der Waals surface area contributed by atoms with Gasteiger partial charge in [0.05, 0.1) is 4.90 Å². The molecule has 4 nitrogen and oxygen atoms in total. The number of hydrogen-bond donors (Lipinski definition) is 1. The van der Waals surface area contributed by atoms with Crippen LogP contribution in [0.15, 0.2) is 46.9 Å². The van der Waals surface area contributed by atoms with Gasteiger partial charge in [-0.05, 0) is 103 Å². The molecular weight excluding hydrogens is 552 g/mol. The second-order valence-corrected chi connectivity index (χ2v) is 17.4. The molecule has 0 heterocycles. The minimum absolute atomic E-state index is 0.0745. The molecule has 8 atom stereocenters. The first-order chi connectivity index (χ1) is 20.4. The molecule has 4 aliphatic rings. The maximum absolute atomic E-state index is 13.2. The van der Waals surface area contributed by atoms with E-state index in [1.807, 2.05) is 0 Å². The van der Waals surface area contributed by atoms with Crippen molar-refractivity contribution in [2.75, 3.05) is 0 Å². The average Bonchev–Trinajstić information content (AvgIpc) is 3.33. The average molecular weight is 613 g/mol. The van der Waals surface area contributed by atoms with Crippen molar-refractivity contribution in [3.63, 3.8) is 0 Å². The molecule has 3 saturated carbocycles. The lowest BCUT2D eigenvalue weighted by Crippen LogP contribution is -2.54. The molecule has 0 aliphatic heterocycles. The fraction of sp³-hybridized carbons (Fsp3) is 0.789. The molecule has 0 bridgehead atoms. The van der Waals surface area contributed by atoms with Crippen LogP contribution in [-0.4, -0.2) is 19.3 Å². The fourth-order valence-corrected chi connectivity index (χ4v) is 11.8. The lowest BCUT2D eigenvalue weighted by atomic mass is 9.45. The van der Waals surface area contributed by atoms with Gasteiger partial charge in [-0.2, -0.15) is 8.42 Å².